The lowest BCUT2D eigenvalue weighted by atomic mass is 10.1. The maximum atomic E-state index is 12.4. The molecule has 1 aromatic heterocycles. The van der Waals surface area contributed by atoms with Gasteiger partial charge < -0.3 is 15.8 Å². The highest BCUT2D eigenvalue weighted by Gasteiger charge is 2.19. The number of hydrogen-bond donors (Lipinski definition) is 3. The predicted octanol–water partition coefficient (Wildman–Crippen LogP) is 0.522. The molecule has 0 radical (unpaired) electrons. The summed E-state index contributed by atoms with van der Waals surface area (Å²) in [7, 11) is 0. The molecule has 0 aromatic carbocycles. The summed E-state index contributed by atoms with van der Waals surface area (Å²) in [4.78, 5) is 23.8. The molecule has 15 heavy (non-hydrogen) atoms. The summed E-state index contributed by atoms with van der Waals surface area (Å²) in [5, 5.41) is 8.45. The Balaban J connectivity index is 3.35. The molecule has 0 aliphatic carbocycles. The monoisotopic (exact) mass is 218 g/mol. The molecule has 0 aliphatic heterocycles. The minimum Gasteiger partial charge on any atom is -0.481 e. The molecule has 0 aliphatic rings. The van der Waals surface area contributed by atoms with Gasteiger partial charge >= 0.3 is 5.97 Å². The van der Waals surface area contributed by atoms with E-state index in [1.54, 1.807) is 0 Å². The van der Waals surface area contributed by atoms with Crippen molar-refractivity contribution >= 4 is 11.7 Å². The third-order valence-electron chi connectivity index (χ3n) is 1.79. The van der Waals surface area contributed by atoms with E-state index in [0.29, 0.717) is 0 Å². The highest BCUT2D eigenvalue weighted by atomic mass is 19.3. The summed E-state index contributed by atoms with van der Waals surface area (Å²) in [6.07, 6.45) is -2.79. The van der Waals surface area contributed by atoms with Crippen LogP contribution in [0.2, 0.25) is 0 Å². The van der Waals surface area contributed by atoms with Crippen LogP contribution in [0.15, 0.2) is 11.0 Å². The fourth-order valence-electron chi connectivity index (χ4n) is 1.13. The molecule has 1 rings (SSSR count). The lowest BCUT2D eigenvalue weighted by Crippen LogP contribution is -2.20. The average molecular weight is 218 g/mol. The quantitative estimate of drug-likeness (QED) is 0.689. The molecule has 0 saturated carbocycles. The highest BCUT2D eigenvalue weighted by Crippen LogP contribution is 2.19. The number of carboxylic acids is 1. The number of alkyl halides is 2. The van der Waals surface area contributed by atoms with Gasteiger partial charge in [0.05, 0.1) is 17.8 Å². The number of carboxylic acid groups (broad SMARTS) is 1. The number of nitrogens with one attached hydrogen (secondary N) is 1. The van der Waals surface area contributed by atoms with Crippen LogP contribution in [0.1, 0.15) is 17.7 Å². The molecule has 1 heterocycles. The van der Waals surface area contributed by atoms with E-state index in [0.717, 1.165) is 6.20 Å². The number of anilines is 1. The van der Waals surface area contributed by atoms with Crippen molar-refractivity contribution in [1.29, 1.82) is 0 Å². The fourth-order valence-corrected chi connectivity index (χ4v) is 1.13. The third-order valence-corrected chi connectivity index (χ3v) is 1.79. The number of halogens is 2. The van der Waals surface area contributed by atoms with Gasteiger partial charge in [-0.1, -0.05) is 0 Å². The first-order valence-electron chi connectivity index (χ1n) is 3.93. The molecule has 4 N–H and O–H groups in total. The molecule has 0 fully saturated rings. The largest absolute Gasteiger partial charge is 0.481 e. The number of nitrogen functional groups attached to an aromatic ring is 1. The molecule has 0 bridgehead atoms. The minimum absolute atomic E-state index is 0.282. The molecular formula is C8H8F2N2O3. The first kappa shape index (κ1) is 11.2. The van der Waals surface area contributed by atoms with Gasteiger partial charge in [0.15, 0.2) is 0 Å². The Bertz CT molecular complexity index is 442. The number of pyridine rings is 1. The van der Waals surface area contributed by atoms with Crippen molar-refractivity contribution in [3.05, 3.63) is 27.7 Å². The second kappa shape index (κ2) is 4.07. The SMILES string of the molecule is Nc1c[nH]c(C(F)F)c(CC(=O)O)c1=O. The summed E-state index contributed by atoms with van der Waals surface area (Å²) < 4.78 is 24.8. The lowest BCUT2D eigenvalue weighted by molar-refractivity contribution is -0.136. The molecule has 7 heteroatoms. The molecule has 0 atom stereocenters. The lowest BCUT2D eigenvalue weighted by Gasteiger charge is -2.06. The van der Waals surface area contributed by atoms with E-state index in [9.17, 15) is 18.4 Å². The molecule has 82 valence electrons. The van der Waals surface area contributed by atoms with Crippen LogP contribution in [0.4, 0.5) is 14.5 Å². The van der Waals surface area contributed by atoms with Crippen LogP contribution in [0.25, 0.3) is 0 Å². The van der Waals surface area contributed by atoms with E-state index >= 15 is 0 Å². The summed E-state index contributed by atoms with van der Waals surface area (Å²) in [6, 6.07) is 0. The van der Waals surface area contributed by atoms with Crippen LogP contribution in [-0.4, -0.2) is 16.1 Å². The summed E-state index contributed by atoms with van der Waals surface area (Å²) in [5.74, 6) is -1.37. The normalized spacial score (nSPS) is 10.6. The summed E-state index contributed by atoms with van der Waals surface area (Å²) in [6.45, 7) is 0. The van der Waals surface area contributed by atoms with Crippen molar-refractivity contribution in [2.75, 3.05) is 5.73 Å². The van der Waals surface area contributed by atoms with Crippen molar-refractivity contribution in [1.82, 2.24) is 4.98 Å². The number of aliphatic carboxylic acids is 1. The van der Waals surface area contributed by atoms with Gasteiger partial charge in [0.2, 0.25) is 5.43 Å². The number of carbonyl (C=O) groups is 1. The number of nitrogens with two attached hydrogens (primary N) is 1. The van der Waals surface area contributed by atoms with E-state index in [1.165, 1.54) is 0 Å². The Kier molecular flexibility index (Phi) is 3.03. The molecule has 0 unspecified atom stereocenters. The van der Waals surface area contributed by atoms with Crippen LogP contribution in [0.5, 0.6) is 0 Å². The van der Waals surface area contributed by atoms with Gasteiger partial charge in [-0.2, -0.15) is 0 Å². The molecular weight excluding hydrogens is 210 g/mol. The van der Waals surface area contributed by atoms with E-state index in [1.807, 2.05) is 0 Å². The van der Waals surface area contributed by atoms with E-state index in [-0.39, 0.29) is 5.69 Å². The van der Waals surface area contributed by atoms with Crippen molar-refractivity contribution < 1.29 is 18.7 Å². The second-order valence-corrected chi connectivity index (χ2v) is 2.84. The maximum Gasteiger partial charge on any atom is 0.308 e. The summed E-state index contributed by atoms with van der Waals surface area (Å²) in [5.41, 5.74) is 2.83. The first-order valence-corrected chi connectivity index (χ1v) is 3.93. The number of H-pyrrole nitrogens is 1. The topological polar surface area (TPSA) is 96.2 Å². The van der Waals surface area contributed by atoms with Crippen LogP contribution in [-0.2, 0) is 11.2 Å². The van der Waals surface area contributed by atoms with Gasteiger partial charge in [0.25, 0.3) is 6.43 Å². The maximum absolute atomic E-state index is 12.4. The predicted molar refractivity (Wildman–Crippen MR) is 47.8 cm³/mol. The van der Waals surface area contributed by atoms with Gasteiger partial charge in [0, 0.05) is 11.8 Å². The Hall–Kier alpha value is -1.92. The molecule has 5 nitrogen and oxygen atoms in total. The van der Waals surface area contributed by atoms with Crippen LogP contribution in [0.3, 0.4) is 0 Å². The number of hydrogen-bond acceptors (Lipinski definition) is 3. The zero-order valence-corrected chi connectivity index (χ0v) is 7.46. The van der Waals surface area contributed by atoms with Crippen molar-refractivity contribution in [3.63, 3.8) is 0 Å². The van der Waals surface area contributed by atoms with E-state index in [4.69, 9.17) is 10.8 Å². The molecule has 0 saturated heterocycles. The Labute approximate surface area is 82.5 Å². The standard InChI is InChI=1S/C8H8F2N2O3/c9-8(10)6-3(1-5(13)14)7(15)4(11)2-12-6/h2,8H,1,11H2,(H,12,15)(H,13,14). The smallest absolute Gasteiger partial charge is 0.308 e. The van der Waals surface area contributed by atoms with Gasteiger partial charge in [0.1, 0.15) is 0 Å². The van der Waals surface area contributed by atoms with Crippen molar-refractivity contribution in [3.8, 4) is 0 Å². The van der Waals surface area contributed by atoms with Crippen molar-refractivity contribution in [2.45, 2.75) is 12.8 Å². The zero-order chi connectivity index (χ0) is 11.6. The zero-order valence-electron chi connectivity index (χ0n) is 7.46. The van der Waals surface area contributed by atoms with Crippen LogP contribution in [0, 0.1) is 0 Å². The fraction of sp³-hybridized carbons (Fsp3) is 0.250. The second-order valence-electron chi connectivity index (χ2n) is 2.84. The number of aromatic amines is 1. The van der Waals surface area contributed by atoms with Gasteiger partial charge in [-0.3, -0.25) is 9.59 Å². The minimum atomic E-state index is -2.94. The van der Waals surface area contributed by atoms with Gasteiger partial charge in [-0.05, 0) is 0 Å². The summed E-state index contributed by atoms with van der Waals surface area (Å²) >= 11 is 0. The van der Waals surface area contributed by atoms with Crippen LogP contribution < -0.4 is 11.2 Å². The molecule has 0 amide bonds. The number of aromatic nitrogens is 1. The van der Waals surface area contributed by atoms with Crippen LogP contribution >= 0.6 is 0 Å². The van der Waals surface area contributed by atoms with Crippen molar-refractivity contribution in [2.24, 2.45) is 0 Å². The van der Waals surface area contributed by atoms with E-state index < -0.39 is 35.5 Å². The molecule has 1 aromatic rings. The van der Waals surface area contributed by atoms with Gasteiger partial charge in [-0.25, -0.2) is 8.78 Å². The average Bonchev–Trinajstić information content (AvgIpc) is 2.12. The third kappa shape index (κ3) is 2.30. The Morgan fingerprint density at radius 2 is 2.20 bits per heavy atom. The molecule has 0 spiro atoms. The Morgan fingerprint density at radius 1 is 1.60 bits per heavy atom. The highest BCUT2D eigenvalue weighted by molar-refractivity contribution is 5.71. The van der Waals surface area contributed by atoms with Gasteiger partial charge in [-0.15, -0.1) is 0 Å². The number of rotatable bonds is 3. The first-order chi connectivity index (χ1) is 6.93. The van der Waals surface area contributed by atoms with E-state index in [2.05, 4.69) is 4.98 Å². The Morgan fingerprint density at radius 3 is 2.67 bits per heavy atom.